The Morgan fingerprint density at radius 3 is 1.62 bits per heavy atom. The van der Waals surface area contributed by atoms with E-state index < -0.39 is 0 Å². The molecule has 3 heteroatoms. The molecule has 5 aromatic rings. The lowest BCUT2D eigenvalue weighted by Gasteiger charge is -2.31. The molecule has 0 aliphatic carbocycles. The molecule has 0 fully saturated rings. The van der Waals surface area contributed by atoms with Crippen molar-refractivity contribution in [3.63, 3.8) is 0 Å². The van der Waals surface area contributed by atoms with Gasteiger partial charge in [0.05, 0.1) is 7.11 Å². The second-order valence-corrected chi connectivity index (χ2v) is 8.69. The zero-order valence-corrected chi connectivity index (χ0v) is 18.1. The van der Waals surface area contributed by atoms with Gasteiger partial charge >= 0.3 is 0 Å². The zero-order chi connectivity index (χ0) is 21.7. The quantitative estimate of drug-likeness (QED) is 0.261. The van der Waals surface area contributed by atoms with Gasteiger partial charge in [0, 0.05) is 23.3 Å². The average Bonchev–Trinajstić information content (AvgIpc) is 2.98. The Balaban J connectivity index is 1.68. The van der Waals surface area contributed by atoms with Crippen molar-refractivity contribution in [2.45, 2.75) is 13.1 Å². The summed E-state index contributed by atoms with van der Waals surface area (Å²) in [6.07, 6.45) is 0. The molecule has 0 radical (unpaired) electrons. The van der Waals surface area contributed by atoms with Gasteiger partial charge in [-0.25, -0.2) is 4.59 Å². The first kappa shape index (κ1) is 19.1. The highest BCUT2D eigenvalue weighted by Crippen LogP contribution is 2.44. The summed E-state index contributed by atoms with van der Waals surface area (Å²) in [5.41, 5.74) is 6.25. The van der Waals surface area contributed by atoms with Crippen LogP contribution >= 0.6 is 0 Å². The minimum Gasteiger partial charge on any atom is -0.497 e. The summed E-state index contributed by atoms with van der Waals surface area (Å²) in [5, 5.41) is 5.08. The number of ether oxygens (including phenoxy) is 1. The molecule has 156 valence electrons. The molecule has 0 bridgehead atoms. The number of rotatable bonds is 2. The van der Waals surface area contributed by atoms with Gasteiger partial charge < -0.3 is 4.74 Å². The number of hydrogen-bond acceptors (Lipinski definition) is 2. The van der Waals surface area contributed by atoms with E-state index in [0.29, 0.717) is 4.59 Å². The van der Waals surface area contributed by atoms with Crippen LogP contribution in [0.25, 0.3) is 32.7 Å². The van der Waals surface area contributed by atoms with Gasteiger partial charge in [0.15, 0.2) is 5.69 Å². The molecular weight excluding hydrogens is 392 g/mol. The Labute approximate surface area is 187 Å². The van der Waals surface area contributed by atoms with Crippen molar-refractivity contribution in [2.75, 3.05) is 7.11 Å². The van der Waals surface area contributed by atoms with Gasteiger partial charge in [0.25, 0.3) is 0 Å². The van der Waals surface area contributed by atoms with Crippen LogP contribution in [0.4, 0.5) is 5.69 Å². The van der Waals surface area contributed by atoms with Crippen LogP contribution in [0.2, 0.25) is 0 Å². The van der Waals surface area contributed by atoms with Crippen LogP contribution in [0.15, 0.2) is 97.1 Å². The van der Waals surface area contributed by atoms with Crippen molar-refractivity contribution in [2.24, 2.45) is 5.84 Å². The van der Waals surface area contributed by atoms with E-state index in [1.54, 1.807) is 7.11 Å². The largest absolute Gasteiger partial charge is 0.497 e. The Kier molecular flexibility index (Phi) is 4.29. The molecule has 0 atom stereocenters. The number of benzene rings is 5. The molecule has 3 nitrogen and oxygen atoms in total. The fourth-order valence-electron chi connectivity index (χ4n) is 5.21. The molecule has 6 rings (SSSR count). The lowest BCUT2D eigenvalue weighted by atomic mass is 9.88. The third-order valence-corrected chi connectivity index (χ3v) is 6.77. The minimum atomic E-state index is 0.320. The lowest BCUT2D eigenvalue weighted by Crippen LogP contribution is -2.53. The molecule has 0 amide bonds. The molecule has 0 aromatic heterocycles. The highest BCUT2D eigenvalue weighted by atomic mass is 16.5. The molecule has 0 unspecified atom stereocenters. The molecular formula is C29H25N2O+. The molecule has 2 N–H and O–H groups in total. The molecule has 32 heavy (non-hydrogen) atoms. The van der Waals surface area contributed by atoms with E-state index in [9.17, 15) is 0 Å². The predicted molar refractivity (Wildman–Crippen MR) is 133 cm³/mol. The number of nitrogens with two attached hydrogens (primary N) is 1. The molecule has 0 saturated carbocycles. The SMILES string of the molecule is COc1ccc([N+]2(N)Cc3ccc4ccccc4c3-c3c(ccc4ccccc34)C2)cc1. The number of methoxy groups -OCH3 is 1. The van der Waals surface area contributed by atoms with Crippen molar-refractivity contribution >= 4 is 27.2 Å². The van der Waals surface area contributed by atoms with Gasteiger partial charge in [-0.15, -0.1) is 0 Å². The van der Waals surface area contributed by atoms with E-state index in [1.807, 2.05) is 12.1 Å². The first-order chi connectivity index (χ1) is 15.7. The van der Waals surface area contributed by atoms with Crippen LogP contribution in [0, 0.1) is 0 Å². The maximum absolute atomic E-state index is 7.19. The molecule has 0 spiro atoms. The second-order valence-electron chi connectivity index (χ2n) is 8.69. The van der Waals surface area contributed by atoms with Crippen molar-refractivity contribution in [3.8, 4) is 16.9 Å². The third-order valence-electron chi connectivity index (χ3n) is 6.77. The van der Waals surface area contributed by atoms with Crippen LogP contribution in [-0.4, -0.2) is 7.11 Å². The summed E-state index contributed by atoms with van der Waals surface area (Å²) in [5.74, 6) is 8.03. The topological polar surface area (TPSA) is 35.2 Å². The maximum Gasteiger partial charge on any atom is 0.152 e. The van der Waals surface area contributed by atoms with Gasteiger partial charge in [-0.05, 0) is 44.8 Å². The number of fused-ring (bicyclic) bond motifs is 7. The van der Waals surface area contributed by atoms with Crippen LogP contribution in [0.1, 0.15) is 11.1 Å². The van der Waals surface area contributed by atoms with Crippen LogP contribution < -0.4 is 15.2 Å². The summed E-state index contributed by atoms with van der Waals surface area (Å²) in [7, 11) is 1.69. The van der Waals surface area contributed by atoms with E-state index in [-0.39, 0.29) is 0 Å². The van der Waals surface area contributed by atoms with Gasteiger partial charge in [-0.1, -0.05) is 72.8 Å². The Hall–Kier alpha value is -3.66. The van der Waals surface area contributed by atoms with E-state index in [1.165, 1.54) is 43.8 Å². The second kappa shape index (κ2) is 7.20. The Morgan fingerprint density at radius 2 is 1.12 bits per heavy atom. The van der Waals surface area contributed by atoms with Gasteiger partial charge in [-0.2, -0.15) is 5.84 Å². The van der Waals surface area contributed by atoms with Crippen molar-refractivity contribution in [1.82, 2.24) is 4.59 Å². The van der Waals surface area contributed by atoms with E-state index in [4.69, 9.17) is 10.6 Å². The van der Waals surface area contributed by atoms with Crippen LogP contribution in [0.5, 0.6) is 5.75 Å². The standard InChI is InChI=1S/C29H25N2O/c1-32-25-16-14-24(15-17-25)31(30)18-22-12-10-20-6-2-4-8-26(20)28(22)29-23(19-31)13-11-21-7-3-5-9-27(21)29/h2-17H,18-19,30H2,1H3/q+1. The van der Waals surface area contributed by atoms with Crippen LogP contribution in [-0.2, 0) is 13.1 Å². The fourth-order valence-corrected chi connectivity index (χ4v) is 5.21. The lowest BCUT2D eigenvalue weighted by molar-refractivity contribution is 0.266. The first-order valence-corrected chi connectivity index (χ1v) is 11.0. The van der Waals surface area contributed by atoms with Crippen molar-refractivity contribution in [3.05, 3.63) is 108 Å². The summed E-state index contributed by atoms with van der Waals surface area (Å²) in [6.45, 7) is 1.44. The van der Waals surface area contributed by atoms with Crippen LogP contribution in [0.3, 0.4) is 0 Å². The molecule has 5 aromatic carbocycles. The number of nitrogens with zero attached hydrogens (tertiary/aromatic N) is 1. The molecule has 1 aliphatic rings. The molecule has 1 heterocycles. The maximum atomic E-state index is 7.19. The van der Waals surface area contributed by atoms with Crippen molar-refractivity contribution < 1.29 is 4.74 Å². The summed E-state index contributed by atoms with van der Waals surface area (Å²) < 4.78 is 5.70. The summed E-state index contributed by atoms with van der Waals surface area (Å²) in [4.78, 5) is 0. The monoisotopic (exact) mass is 417 g/mol. The van der Waals surface area contributed by atoms with Gasteiger partial charge in [0.2, 0.25) is 0 Å². The predicted octanol–water partition coefficient (Wildman–Crippen LogP) is 6.56. The van der Waals surface area contributed by atoms with E-state index in [2.05, 4.69) is 84.9 Å². The average molecular weight is 418 g/mol. The fraction of sp³-hybridized carbons (Fsp3) is 0.103. The zero-order valence-electron chi connectivity index (χ0n) is 18.1. The van der Waals surface area contributed by atoms with E-state index >= 15 is 0 Å². The highest BCUT2D eigenvalue weighted by molar-refractivity contribution is 6.08. The van der Waals surface area contributed by atoms with Gasteiger partial charge in [0.1, 0.15) is 18.8 Å². The minimum absolute atomic E-state index is 0.320. The Morgan fingerprint density at radius 1 is 0.625 bits per heavy atom. The van der Waals surface area contributed by atoms with Crippen molar-refractivity contribution in [1.29, 1.82) is 0 Å². The highest BCUT2D eigenvalue weighted by Gasteiger charge is 2.34. The Bertz CT molecular complexity index is 1380. The van der Waals surface area contributed by atoms with Gasteiger partial charge in [-0.3, -0.25) is 0 Å². The normalized spacial score (nSPS) is 14.6. The number of quaternary nitrogens is 1. The summed E-state index contributed by atoms with van der Waals surface area (Å²) in [6, 6.07) is 34.5. The third kappa shape index (κ3) is 2.90. The number of hydrogen-bond donors (Lipinski definition) is 1. The molecule has 0 saturated heterocycles. The van der Waals surface area contributed by atoms with E-state index in [0.717, 1.165) is 24.5 Å². The molecule has 1 aliphatic heterocycles. The summed E-state index contributed by atoms with van der Waals surface area (Å²) >= 11 is 0. The smallest absolute Gasteiger partial charge is 0.152 e. The first-order valence-electron chi connectivity index (χ1n) is 11.0.